The Morgan fingerprint density at radius 1 is 0.897 bits per heavy atom. The van der Waals surface area contributed by atoms with Crippen molar-refractivity contribution in [2.75, 3.05) is 0 Å². The van der Waals surface area contributed by atoms with Crippen molar-refractivity contribution in [3.8, 4) is 34.3 Å². The van der Waals surface area contributed by atoms with E-state index in [9.17, 15) is 4.39 Å². The highest BCUT2D eigenvalue weighted by Gasteiger charge is 2.22. The third kappa shape index (κ3) is 4.32. The summed E-state index contributed by atoms with van der Waals surface area (Å²) in [4.78, 5) is 5.78. The summed E-state index contributed by atoms with van der Waals surface area (Å²) in [6.45, 7) is 0. The van der Waals surface area contributed by atoms with Crippen LogP contribution in [0.2, 0.25) is 0 Å². The molecule has 1 aliphatic rings. The van der Waals surface area contributed by atoms with Crippen LogP contribution in [-0.4, -0.2) is 15.4 Å². The minimum Gasteiger partial charge on any atom is -0.457 e. The number of hydrogen-bond acceptors (Lipinski definition) is 5. The first-order valence-corrected chi connectivity index (χ1v) is 10.3. The molecule has 0 amide bonds. The van der Waals surface area contributed by atoms with E-state index < -0.39 is 0 Å². The van der Waals surface area contributed by atoms with Crippen LogP contribution in [0.15, 0.2) is 82.2 Å². The first-order chi connectivity index (χ1) is 14.2. The van der Waals surface area contributed by atoms with Gasteiger partial charge >= 0.3 is 0 Å². The maximum atomic E-state index is 13.4. The van der Waals surface area contributed by atoms with Gasteiger partial charge in [0.1, 0.15) is 17.3 Å². The second-order valence-corrected chi connectivity index (χ2v) is 8.23. The fourth-order valence-electron chi connectivity index (χ4n) is 2.88. The third-order valence-electron chi connectivity index (χ3n) is 4.48. The predicted molar refractivity (Wildman–Crippen MR) is 111 cm³/mol. The Balaban J connectivity index is 1.34. The summed E-state index contributed by atoms with van der Waals surface area (Å²) in [5.41, 5.74) is 1.64. The first-order valence-electron chi connectivity index (χ1n) is 9.38. The largest absolute Gasteiger partial charge is 0.457 e. The van der Waals surface area contributed by atoms with Gasteiger partial charge in [0, 0.05) is 27.3 Å². The summed E-state index contributed by atoms with van der Waals surface area (Å²) in [5.74, 6) is 1.60. The van der Waals surface area contributed by atoms with Crippen LogP contribution in [0.25, 0.3) is 22.8 Å². The molecule has 0 bridgehead atoms. The molecular weight excluding hydrogens is 387 g/mol. The number of halogens is 1. The SMILES string of the molecule is Fc1cccc(Oc2cccc(-c3noc(-c4ccc(SC5CC5)cc4)n3)c2)c1. The molecule has 1 aromatic heterocycles. The lowest BCUT2D eigenvalue weighted by Crippen LogP contribution is -1.87. The van der Waals surface area contributed by atoms with Gasteiger partial charge in [-0.15, -0.1) is 11.8 Å². The van der Waals surface area contributed by atoms with Crippen LogP contribution < -0.4 is 4.74 Å². The molecule has 0 aliphatic heterocycles. The molecule has 29 heavy (non-hydrogen) atoms. The Labute approximate surface area is 171 Å². The van der Waals surface area contributed by atoms with E-state index in [4.69, 9.17) is 9.26 Å². The summed E-state index contributed by atoms with van der Waals surface area (Å²) in [6.07, 6.45) is 2.61. The maximum Gasteiger partial charge on any atom is 0.258 e. The minimum atomic E-state index is -0.344. The lowest BCUT2D eigenvalue weighted by Gasteiger charge is -2.06. The monoisotopic (exact) mass is 404 g/mol. The Bertz CT molecular complexity index is 1140. The van der Waals surface area contributed by atoms with Crippen LogP contribution in [0.3, 0.4) is 0 Å². The molecule has 0 spiro atoms. The summed E-state index contributed by atoms with van der Waals surface area (Å²) < 4.78 is 24.5. The van der Waals surface area contributed by atoms with Crippen molar-refractivity contribution >= 4 is 11.8 Å². The van der Waals surface area contributed by atoms with Crippen molar-refractivity contribution in [2.45, 2.75) is 23.0 Å². The lowest BCUT2D eigenvalue weighted by molar-refractivity contribution is 0.432. The molecule has 0 atom stereocenters. The summed E-state index contributed by atoms with van der Waals surface area (Å²) in [6, 6.07) is 21.5. The van der Waals surface area contributed by atoms with Crippen LogP contribution in [0.1, 0.15) is 12.8 Å². The Morgan fingerprint density at radius 2 is 1.66 bits per heavy atom. The molecule has 4 aromatic rings. The van der Waals surface area contributed by atoms with Gasteiger partial charge in [0.05, 0.1) is 0 Å². The Hall–Kier alpha value is -3.12. The average molecular weight is 404 g/mol. The van der Waals surface area contributed by atoms with Crippen LogP contribution in [0, 0.1) is 5.82 Å². The molecule has 1 saturated carbocycles. The molecule has 1 aliphatic carbocycles. The molecule has 0 unspecified atom stereocenters. The minimum absolute atomic E-state index is 0.344. The zero-order valence-electron chi connectivity index (χ0n) is 15.4. The first kappa shape index (κ1) is 17.9. The number of benzene rings is 3. The van der Waals surface area contributed by atoms with Crippen molar-refractivity contribution in [1.82, 2.24) is 10.1 Å². The topological polar surface area (TPSA) is 48.2 Å². The van der Waals surface area contributed by atoms with Gasteiger partial charge < -0.3 is 9.26 Å². The Morgan fingerprint density at radius 3 is 2.41 bits per heavy atom. The summed E-state index contributed by atoms with van der Waals surface area (Å²) >= 11 is 1.91. The Kier molecular flexibility index (Phi) is 4.77. The number of ether oxygens (including phenoxy) is 1. The molecule has 0 N–H and O–H groups in total. The molecule has 144 valence electrons. The van der Waals surface area contributed by atoms with Gasteiger partial charge in [-0.25, -0.2) is 4.39 Å². The fourth-order valence-corrected chi connectivity index (χ4v) is 3.93. The third-order valence-corrected chi connectivity index (χ3v) is 5.83. The van der Waals surface area contributed by atoms with Crippen LogP contribution in [0.5, 0.6) is 11.5 Å². The van der Waals surface area contributed by atoms with Crippen LogP contribution >= 0.6 is 11.8 Å². The normalized spacial score (nSPS) is 13.4. The number of aromatic nitrogens is 2. The molecule has 1 fully saturated rings. The quantitative estimate of drug-likeness (QED) is 0.363. The molecule has 0 saturated heterocycles. The van der Waals surface area contributed by atoms with E-state index in [2.05, 4.69) is 22.3 Å². The average Bonchev–Trinajstić information content (AvgIpc) is 3.40. The summed E-state index contributed by atoms with van der Waals surface area (Å²) in [5, 5.41) is 4.87. The second kappa shape index (κ2) is 7.72. The van der Waals surface area contributed by atoms with Crippen molar-refractivity contribution in [3.05, 3.63) is 78.6 Å². The number of rotatable bonds is 6. The van der Waals surface area contributed by atoms with Crippen molar-refractivity contribution in [2.24, 2.45) is 0 Å². The van der Waals surface area contributed by atoms with Crippen LogP contribution in [-0.2, 0) is 0 Å². The fraction of sp³-hybridized carbons (Fsp3) is 0.130. The van der Waals surface area contributed by atoms with E-state index in [0.717, 1.165) is 16.4 Å². The zero-order valence-corrected chi connectivity index (χ0v) is 16.2. The number of thioether (sulfide) groups is 1. The van der Waals surface area contributed by atoms with E-state index in [1.165, 1.54) is 29.9 Å². The van der Waals surface area contributed by atoms with E-state index in [-0.39, 0.29) is 5.82 Å². The molecule has 3 aromatic carbocycles. The molecule has 0 radical (unpaired) electrons. The van der Waals surface area contributed by atoms with Crippen LogP contribution in [0.4, 0.5) is 4.39 Å². The van der Waals surface area contributed by atoms with Gasteiger partial charge in [-0.3, -0.25) is 0 Å². The van der Waals surface area contributed by atoms with E-state index in [1.54, 1.807) is 24.3 Å². The second-order valence-electron chi connectivity index (χ2n) is 6.85. The zero-order chi connectivity index (χ0) is 19.6. The van der Waals surface area contributed by atoms with Crippen molar-refractivity contribution in [3.63, 3.8) is 0 Å². The van der Waals surface area contributed by atoms with Gasteiger partial charge in [-0.05, 0) is 61.4 Å². The highest BCUT2D eigenvalue weighted by molar-refractivity contribution is 8.00. The molecule has 5 rings (SSSR count). The molecule has 4 nitrogen and oxygen atoms in total. The van der Waals surface area contributed by atoms with Crippen molar-refractivity contribution in [1.29, 1.82) is 0 Å². The predicted octanol–water partition coefficient (Wildman–Crippen LogP) is 6.59. The van der Waals surface area contributed by atoms with Gasteiger partial charge in [-0.1, -0.05) is 23.4 Å². The van der Waals surface area contributed by atoms with Gasteiger partial charge in [0.25, 0.3) is 5.89 Å². The number of nitrogens with zero attached hydrogens (tertiary/aromatic N) is 2. The highest BCUT2D eigenvalue weighted by atomic mass is 32.2. The van der Waals surface area contributed by atoms with E-state index >= 15 is 0 Å². The van der Waals surface area contributed by atoms with Gasteiger partial charge in [-0.2, -0.15) is 4.98 Å². The maximum absolute atomic E-state index is 13.4. The van der Waals surface area contributed by atoms with Gasteiger partial charge in [0.15, 0.2) is 0 Å². The summed E-state index contributed by atoms with van der Waals surface area (Å²) in [7, 11) is 0. The molecular formula is C23H17FN2O2S. The van der Waals surface area contributed by atoms with Gasteiger partial charge in [0.2, 0.25) is 5.82 Å². The highest BCUT2D eigenvalue weighted by Crippen LogP contribution is 2.39. The number of hydrogen-bond donors (Lipinski definition) is 0. The van der Waals surface area contributed by atoms with E-state index in [0.29, 0.717) is 23.2 Å². The molecule has 6 heteroatoms. The molecule has 1 heterocycles. The lowest BCUT2D eigenvalue weighted by atomic mass is 10.2. The van der Waals surface area contributed by atoms with Crippen molar-refractivity contribution < 1.29 is 13.7 Å². The smallest absolute Gasteiger partial charge is 0.258 e. The standard InChI is InChI=1S/C23H17FN2O2S/c24-17-4-2-6-19(14-17)27-18-5-1-3-16(13-18)22-25-23(28-26-22)15-7-9-20(10-8-15)29-21-11-12-21/h1-10,13-14,21H,11-12H2. The van der Waals surface area contributed by atoms with E-state index in [1.807, 2.05) is 36.0 Å².